The largest absolute Gasteiger partial charge is 0.350 e. The maximum atomic E-state index is 11.6. The Bertz CT molecular complexity index is 479. The average Bonchev–Trinajstić information content (AvgIpc) is 2.95. The van der Waals surface area contributed by atoms with Crippen molar-refractivity contribution in [2.45, 2.75) is 11.7 Å². The summed E-state index contributed by atoms with van der Waals surface area (Å²) in [6.07, 6.45) is 3.60. The second-order valence-corrected chi connectivity index (χ2v) is 5.44. The van der Waals surface area contributed by atoms with Crippen molar-refractivity contribution >= 4 is 29.0 Å². The molecule has 90 valence electrons. The molecule has 17 heavy (non-hydrogen) atoms. The SMILES string of the molecule is Cn1ccnc1SCC(=O)NCc1cccs1. The average molecular weight is 267 g/mol. The highest BCUT2D eigenvalue weighted by Gasteiger charge is 2.05. The van der Waals surface area contributed by atoms with Crippen molar-refractivity contribution in [2.75, 3.05) is 5.75 Å². The molecular formula is C11H13N3OS2. The molecule has 0 aromatic carbocycles. The fourth-order valence-electron chi connectivity index (χ4n) is 1.27. The molecule has 2 rings (SSSR count). The quantitative estimate of drug-likeness (QED) is 0.842. The number of carbonyl (C=O) groups is 1. The molecule has 0 aliphatic rings. The van der Waals surface area contributed by atoms with Crippen LogP contribution in [0.1, 0.15) is 4.88 Å². The maximum absolute atomic E-state index is 11.6. The van der Waals surface area contributed by atoms with E-state index in [1.54, 1.807) is 17.5 Å². The van der Waals surface area contributed by atoms with Crippen LogP contribution in [0, 0.1) is 0 Å². The summed E-state index contributed by atoms with van der Waals surface area (Å²) in [4.78, 5) is 16.9. The zero-order valence-corrected chi connectivity index (χ0v) is 11.1. The van der Waals surface area contributed by atoms with E-state index in [0.717, 1.165) is 5.16 Å². The lowest BCUT2D eigenvalue weighted by molar-refractivity contribution is -0.118. The molecule has 0 bridgehead atoms. The molecular weight excluding hydrogens is 254 g/mol. The first-order valence-corrected chi connectivity index (χ1v) is 7.01. The van der Waals surface area contributed by atoms with Gasteiger partial charge in [0.2, 0.25) is 5.91 Å². The van der Waals surface area contributed by atoms with Crippen LogP contribution in [0.25, 0.3) is 0 Å². The van der Waals surface area contributed by atoms with Gasteiger partial charge in [0.05, 0.1) is 12.3 Å². The van der Waals surface area contributed by atoms with E-state index in [-0.39, 0.29) is 5.91 Å². The van der Waals surface area contributed by atoms with Crippen LogP contribution in [-0.4, -0.2) is 21.2 Å². The van der Waals surface area contributed by atoms with Crippen LogP contribution in [0.5, 0.6) is 0 Å². The highest BCUT2D eigenvalue weighted by molar-refractivity contribution is 7.99. The number of amides is 1. The topological polar surface area (TPSA) is 46.9 Å². The Morgan fingerprint density at radius 3 is 3.18 bits per heavy atom. The summed E-state index contributed by atoms with van der Waals surface area (Å²) in [6.45, 7) is 0.609. The molecule has 1 N–H and O–H groups in total. The Morgan fingerprint density at radius 2 is 2.53 bits per heavy atom. The number of rotatable bonds is 5. The lowest BCUT2D eigenvalue weighted by Crippen LogP contribution is -2.24. The number of hydrogen-bond acceptors (Lipinski definition) is 4. The van der Waals surface area contributed by atoms with Crippen LogP contribution in [0.15, 0.2) is 35.1 Å². The number of hydrogen-bond donors (Lipinski definition) is 1. The first kappa shape index (κ1) is 12.2. The van der Waals surface area contributed by atoms with Gasteiger partial charge < -0.3 is 9.88 Å². The smallest absolute Gasteiger partial charge is 0.230 e. The predicted molar refractivity (Wildman–Crippen MR) is 70.1 cm³/mol. The van der Waals surface area contributed by atoms with Crippen LogP contribution in [0.2, 0.25) is 0 Å². The third-order valence-corrected chi connectivity index (χ3v) is 4.08. The van der Waals surface area contributed by atoms with Crippen molar-refractivity contribution in [3.63, 3.8) is 0 Å². The van der Waals surface area contributed by atoms with Gasteiger partial charge >= 0.3 is 0 Å². The number of nitrogens with one attached hydrogen (secondary N) is 1. The molecule has 2 aromatic rings. The lowest BCUT2D eigenvalue weighted by Gasteiger charge is -2.03. The number of imidazole rings is 1. The Morgan fingerprint density at radius 1 is 1.65 bits per heavy atom. The zero-order chi connectivity index (χ0) is 12.1. The van der Waals surface area contributed by atoms with Gasteiger partial charge in [0.15, 0.2) is 5.16 Å². The fourth-order valence-corrected chi connectivity index (χ4v) is 2.68. The summed E-state index contributed by atoms with van der Waals surface area (Å²) >= 11 is 3.09. The Balaban J connectivity index is 1.73. The van der Waals surface area contributed by atoms with Gasteiger partial charge in [-0.1, -0.05) is 17.8 Å². The molecule has 0 aliphatic heterocycles. The summed E-state index contributed by atoms with van der Waals surface area (Å²) < 4.78 is 1.90. The van der Waals surface area contributed by atoms with E-state index in [9.17, 15) is 4.79 Å². The molecule has 2 aromatic heterocycles. The Labute approximate surface area is 108 Å². The summed E-state index contributed by atoms with van der Waals surface area (Å²) in [7, 11) is 1.92. The number of carbonyl (C=O) groups excluding carboxylic acids is 1. The highest BCUT2D eigenvalue weighted by atomic mass is 32.2. The van der Waals surface area contributed by atoms with E-state index in [2.05, 4.69) is 10.3 Å². The van der Waals surface area contributed by atoms with Crippen LogP contribution in [-0.2, 0) is 18.4 Å². The molecule has 4 nitrogen and oxygen atoms in total. The second kappa shape index (κ2) is 5.88. The number of nitrogens with zero attached hydrogens (tertiary/aromatic N) is 2. The third kappa shape index (κ3) is 3.61. The molecule has 2 heterocycles. The van der Waals surface area contributed by atoms with Crippen LogP contribution < -0.4 is 5.32 Å². The predicted octanol–water partition coefficient (Wildman–Crippen LogP) is 1.89. The number of thiophene rings is 1. The minimum atomic E-state index is 0.0337. The van der Waals surface area contributed by atoms with Gasteiger partial charge in [-0.25, -0.2) is 4.98 Å². The number of aryl methyl sites for hydroxylation is 1. The van der Waals surface area contributed by atoms with Gasteiger partial charge in [-0.05, 0) is 11.4 Å². The van der Waals surface area contributed by atoms with Gasteiger partial charge in [-0.3, -0.25) is 4.79 Å². The van der Waals surface area contributed by atoms with Gasteiger partial charge in [-0.15, -0.1) is 11.3 Å². The van der Waals surface area contributed by atoms with E-state index < -0.39 is 0 Å². The minimum Gasteiger partial charge on any atom is -0.350 e. The summed E-state index contributed by atoms with van der Waals surface area (Å²) in [5.41, 5.74) is 0. The van der Waals surface area contributed by atoms with E-state index in [1.807, 2.05) is 35.3 Å². The van der Waals surface area contributed by atoms with E-state index >= 15 is 0 Å². The highest BCUT2D eigenvalue weighted by Crippen LogP contribution is 2.14. The standard InChI is InChI=1S/C11H13N3OS2/c1-14-5-4-12-11(14)17-8-10(15)13-7-9-3-2-6-16-9/h2-6H,7-8H2,1H3,(H,13,15). The maximum Gasteiger partial charge on any atom is 0.230 e. The summed E-state index contributed by atoms with van der Waals surface area (Å²) in [5, 5.41) is 5.74. The zero-order valence-electron chi connectivity index (χ0n) is 9.42. The summed E-state index contributed by atoms with van der Waals surface area (Å²) in [5.74, 6) is 0.433. The molecule has 0 radical (unpaired) electrons. The molecule has 0 saturated heterocycles. The summed E-state index contributed by atoms with van der Waals surface area (Å²) in [6, 6.07) is 3.99. The lowest BCUT2D eigenvalue weighted by atomic mass is 10.4. The molecule has 0 saturated carbocycles. The number of aromatic nitrogens is 2. The van der Waals surface area contributed by atoms with Gasteiger partial charge in [-0.2, -0.15) is 0 Å². The molecule has 0 fully saturated rings. The van der Waals surface area contributed by atoms with E-state index in [1.165, 1.54) is 16.6 Å². The van der Waals surface area contributed by atoms with Crippen LogP contribution in [0.4, 0.5) is 0 Å². The minimum absolute atomic E-state index is 0.0337. The van der Waals surface area contributed by atoms with Crippen molar-refractivity contribution in [1.82, 2.24) is 14.9 Å². The molecule has 0 atom stereocenters. The molecule has 1 amide bonds. The van der Waals surface area contributed by atoms with E-state index in [4.69, 9.17) is 0 Å². The van der Waals surface area contributed by atoms with Crippen molar-refractivity contribution in [3.8, 4) is 0 Å². The molecule has 0 spiro atoms. The third-order valence-electron chi connectivity index (χ3n) is 2.15. The van der Waals surface area contributed by atoms with Gasteiger partial charge in [0, 0.05) is 24.3 Å². The van der Waals surface area contributed by atoms with Gasteiger partial charge in [0.25, 0.3) is 0 Å². The van der Waals surface area contributed by atoms with Crippen molar-refractivity contribution in [3.05, 3.63) is 34.8 Å². The molecule has 6 heteroatoms. The van der Waals surface area contributed by atoms with Crippen molar-refractivity contribution in [2.24, 2.45) is 7.05 Å². The first-order valence-electron chi connectivity index (χ1n) is 5.15. The molecule has 0 unspecified atom stereocenters. The van der Waals surface area contributed by atoms with Crippen molar-refractivity contribution in [1.29, 1.82) is 0 Å². The first-order chi connectivity index (χ1) is 8.25. The van der Waals surface area contributed by atoms with E-state index in [0.29, 0.717) is 12.3 Å². The van der Waals surface area contributed by atoms with Gasteiger partial charge in [0.1, 0.15) is 0 Å². The number of thioether (sulfide) groups is 1. The Kier molecular flexibility index (Phi) is 4.22. The Hall–Kier alpha value is -1.27. The normalized spacial score (nSPS) is 10.4. The monoisotopic (exact) mass is 267 g/mol. The van der Waals surface area contributed by atoms with Crippen LogP contribution in [0.3, 0.4) is 0 Å². The fraction of sp³-hybridized carbons (Fsp3) is 0.273. The van der Waals surface area contributed by atoms with Crippen LogP contribution >= 0.6 is 23.1 Å². The van der Waals surface area contributed by atoms with Crippen molar-refractivity contribution < 1.29 is 4.79 Å². The molecule has 0 aliphatic carbocycles. The second-order valence-electron chi connectivity index (χ2n) is 3.47.